The molecule has 2 N–H and O–H groups in total. The Morgan fingerprint density at radius 2 is 2.28 bits per heavy atom. The summed E-state index contributed by atoms with van der Waals surface area (Å²) in [6.07, 6.45) is 5.69. The second-order valence-electron chi connectivity index (χ2n) is 3.63. The number of aromatic amines is 1. The summed E-state index contributed by atoms with van der Waals surface area (Å²) < 4.78 is 9.93. The third-order valence-electron chi connectivity index (χ3n) is 2.44. The summed E-state index contributed by atoms with van der Waals surface area (Å²) in [6, 6.07) is 5.24. The molecule has 0 saturated carbocycles. The van der Waals surface area contributed by atoms with Crippen LogP contribution in [-0.4, -0.2) is 16.1 Å². The highest BCUT2D eigenvalue weighted by Gasteiger charge is 2.10. The second kappa shape index (κ2) is 4.25. The maximum atomic E-state index is 11.9. The first-order valence-corrected chi connectivity index (χ1v) is 5.25. The molecule has 1 aromatic heterocycles. The molecule has 0 fully saturated rings. The Morgan fingerprint density at radius 3 is 3.11 bits per heavy atom. The number of carbonyl (C=O) groups is 1. The number of nitrogens with one attached hydrogen (secondary N) is 2. The highest BCUT2D eigenvalue weighted by molar-refractivity contribution is 5.98. The van der Waals surface area contributed by atoms with Crippen molar-refractivity contribution in [1.82, 2.24) is 15.5 Å². The SMILES string of the molecule is O=C(NC1=COC=CO1)c1ccc2[nH]ncc2c1. The van der Waals surface area contributed by atoms with E-state index in [1.807, 2.05) is 0 Å². The number of aromatic nitrogens is 2. The van der Waals surface area contributed by atoms with Crippen molar-refractivity contribution in [2.24, 2.45) is 0 Å². The summed E-state index contributed by atoms with van der Waals surface area (Å²) >= 11 is 0. The van der Waals surface area contributed by atoms with Gasteiger partial charge in [0.2, 0.25) is 5.88 Å². The van der Waals surface area contributed by atoms with Crippen molar-refractivity contribution >= 4 is 16.8 Å². The van der Waals surface area contributed by atoms with Crippen molar-refractivity contribution in [1.29, 1.82) is 0 Å². The van der Waals surface area contributed by atoms with Gasteiger partial charge in [-0.1, -0.05) is 0 Å². The zero-order valence-electron chi connectivity index (χ0n) is 9.21. The van der Waals surface area contributed by atoms with Crippen molar-refractivity contribution in [2.75, 3.05) is 0 Å². The fourth-order valence-corrected chi connectivity index (χ4v) is 1.59. The molecular formula is C12H9N3O3. The van der Waals surface area contributed by atoms with E-state index in [1.165, 1.54) is 18.8 Å². The van der Waals surface area contributed by atoms with E-state index < -0.39 is 0 Å². The number of H-pyrrole nitrogens is 1. The van der Waals surface area contributed by atoms with Crippen LogP contribution in [0.5, 0.6) is 0 Å². The van der Waals surface area contributed by atoms with Gasteiger partial charge in [-0.2, -0.15) is 5.10 Å². The van der Waals surface area contributed by atoms with Gasteiger partial charge in [-0.15, -0.1) is 0 Å². The number of amides is 1. The molecule has 2 aromatic rings. The Balaban J connectivity index is 1.80. The van der Waals surface area contributed by atoms with Crippen molar-refractivity contribution in [2.45, 2.75) is 0 Å². The Kier molecular flexibility index (Phi) is 2.45. The standard InChI is InChI=1S/C12H9N3O3/c16-12(14-11-7-17-3-4-18-11)8-1-2-10-9(5-8)6-13-15-10/h1-7H,(H,13,15)(H,14,16). The number of fused-ring (bicyclic) bond motifs is 1. The average Bonchev–Trinajstić information content (AvgIpc) is 2.87. The van der Waals surface area contributed by atoms with Crippen molar-refractivity contribution in [3.63, 3.8) is 0 Å². The minimum absolute atomic E-state index is 0.245. The van der Waals surface area contributed by atoms with Crippen LogP contribution in [0, 0.1) is 0 Å². The highest BCUT2D eigenvalue weighted by atomic mass is 16.5. The van der Waals surface area contributed by atoms with E-state index in [2.05, 4.69) is 15.5 Å². The van der Waals surface area contributed by atoms with Crippen LogP contribution < -0.4 is 5.32 Å². The number of benzene rings is 1. The zero-order valence-corrected chi connectivity index (χ0v) is 9.21. The molecule has 0 saturated heterocycles. The van der Waals surface area contributed by atoms with Gasteiger partial charge in [0.05, 0.1) is 11.7 Å². The van der Waals surface area contributed by atoms with E-state index in [0.29, 0.717) is 5.56 Å². The van der Waals surface area contributed by atoms with Crippen LogP contribution in [0.25, 0.3) is 10.9 Å². The molecule has 3 rings (SSSR count). The molecular weight excluding hydrogens is 234 g/mol. The summed E-state index contributed by atoms with van der Waals surface area (Å²) in [5, 5.41) is 10.2. The molecule has 18 heavy (non-hydrogen) atoms. The molecule has 1 amide bonds. The Morgan fingerprint density at radius 1 is 1.33 bits per heavy atom. The van der Waals surface area contributed by atoms with Gasteiger partial charge in [0.15, 0.2) is 6.26 Å². The van der Waals surface area contributed by atoms with Gasteiger partial charge >= 0.3 is 0 Å². The molecule has 1 aromatic carbocycles. The maximum Gasteiger partial charge on any atom is 0.258 e. The summed E-state index contributed by atoms with van der Waals surface area (Å²) in [5.41, 5.74) is 1.40. The van der Waals surface area contributed by atoms with Crippen molar-refractivity contribution in [3.8, 4) is 0 Å². The van der Waals surface area contributed by atoms with E-state index in [9.17, 15) is 4.79 Å². The van der Waals surface area contributed by atoms with Gasteiger partial charge in [-0.25, -0.2) is 0 Å². The molecule has 0 unspecified atom stereocenters. The lowest BCUT2D eigenvalue weighted by molar-refractivity contribution is 0.0933. The minimum Gasteiger partial charge on any atom is -0.464 e. The van der Waals surface area contributed by atoms with Crippen LogP contribution in [0.1, 0.15) is 10.4 Å². The predicted molar refractivity (Wildman–Crippen MR) is 63.0 cm³/mol. The Hall–Kier alpha value is -2.76. The molecule has 0 atom stereocenters. The summed E-state index contributed by atoms with van der Waals surface area (Å²) in [5.74, 6) is -0.0296. The van der Waals surface area contributed by atoms with Gasteiger partial charge in [0.25, 0.3) is 5.91 Å². The lowest BCUT2D eigenvalue weighted by atomic mass is 10.1. The quantitative estimate of drug-likeness (QED) is 0.840. The molecule has 1 aliphatic rings. The third-order valence-corrected chi connectivity index (χ3v) is 2.44. The van der Waals surface area contributed by atoms with Gasteiger partial charge < -0.3 is 9.47 Å². The minimum atomic E-state index is -0.275. The predicted octanol–water partition coefficient (Wildman–Crippen LogP) is 1.61. The number of ether oxygens (including phenoxy) is 2. The van der Waals surface area contributed by atoms with Gasteiger partial charge in [-0.05, 0) is 18.2 Å². The fraction of sp³-hybridized carbons (Fsp3) is 0. The van der Waals surface area contributed by atoms with E-state index >= 15 is 0 Å². The molecule has 6 heteroatoms. The number of carbonyl (C=O) groups excluding carboxylic acids is 1. The number of rotatable bonds is 2. The molecule has 0 radical (unpaired) electrons. The second-order valence-corrected chi connectivity index (χ2v) is 3.63. The maximum absolute atomic E-state index is 11.9. The lowest BCUT2D eigenvalue weighted by Gasteiger charge is -2.10. The third kappa shape index (κ3) is 1.91. The average molecular weight is 243 g/mol. The van der Waals surface area contributed by atoms with Crippen molar-refractivity contribution in [3.05, 3.63) is 54.6 Å². The normalized spacial score (nSPS) is 13.7. The molecule has 90 valence electrons. The molecule has 0 spiro atoms. The first-order valence-electron chi connectivity index (χ1n) is 5.25. The monoisotopic (exact) mass is 243 g/mol. The Bertz CT molecular complexity index is 657. The fourth-order valence-electron chi connectivity index (χ4n) is 1.59. The summed E-state index contributed by atoms with van der Waals surface area (Å²) in [4.78, 5) is 11.9. The lowest BCUT2D eigenvalue weighted by Crippen LogP contribution is -2.24. The molecule has 0 bridgehead atoms. The van der Waals surface area contributed by atoms with Crippen LogP contribution >= 0.6 is 0 Å². The highest BCUT2D eigenvalue weighted by Crippen LogP contribution is 2.13. The molecule has 0 aliphatic carbocycles. The van der Waals surface area contributed by atoms with Crippen LogP contribution in [0.2, 0.25) is 0 Å². The van der Waals surface area contributed by atoms with E-state index in [-0.39, 0.29) is 11.8 Å². The first-order chi connectivity index (χ1) is 8.83. The van der Waals surface area contributed by atoms with Crippen LogP contribution in [0.3, 0.4) is 0 Å². The van der Waals surface area contributed by atoms with Crippen LogP contribution in [0.4, 0.5) is 0 Å². The zero-order chi connectivity index (χ0) is 12.4. The number of hydrogen-bond acceptors (Lipinski definition) is 4. The first kappa shape index (κ1) is 10.4. The number of nitrogens with zero attached hydrogens (tertiary/aromatic N) is 1. The summed E-state index contributed by atoms with van der Waals surface area (Å²) in [7, 11) is 0. The topological polar surface area (TPSA) is 76.2 Å². The van der Waals surface area contributed by atoms with Gasteiger partial charge in [-0.3, -0.25) is 15.2 Å². The Labute approximate surface area is 102 Å². The van der Waals surface area contributed by atoms with Gasteiger partial charge in [0.1, 0.15) is 12.5 Å². The molecule has 6 nitrogen and oxygen atoms in total. The molecule has 1 aliphatic heterocycles. The van der Waals surface area contributed by atoms with Crippen LogP contribution in [0.15, 0.2) is 49.1 Å². The van der Waals surface area contributed by atoms with Crippen molar-refractivity contribution < 1.29 is 14.3 Å². The smallest absolute Gasteiger partial charge is 0.258 e. The van der Waals surface area contributed by atoms with Gasteiger partial charge in [0, 0.05) is 10.9 Å². The molecule has 2 heterocycles. The van der Waals surface area contributed by atoms with Crippen LogP contribution in [-0.2, 0) is 9.47 Å². The summed E-state index contributed by atoms with van der Waals surface area (Å²) in [6.45, 7) is 0. The van der Waals surface area contributed by atoms with E-state index in [1.54, 1.807) is 24.4 Å². The number of hydrogen-bond donors (Lipinski definition) is 2. The largest absolute Gasteiger partial charge is 0.464 e. The van der Waals surface area contributed by atoms with E-state index in [4.69, 9.17) is 9.47 Å². The van der Waals surface area contributed by atoms with E-state index in [0.717, 1.165) is 10.9 Å².